The third-order valence-electron chi connectivity index (χ3n) is 19.5. The Morgan fingerprint density at radius 2 is 0.308 bits per heavy atom. The molecule has 0 atom stereocenters. The molecule has 0 aliphatic carbocycles. The summed E-state index contributed by atoms with van der Waals surface area (Å²) in [7, 11) is 0. The molecule has 0 aliphatic heterocycles. The molecule has 0 saturated carbocycles. The molecule has 6 aromatic rings. The van der Waals surface area contributed by atoms with Gasteiger partial charge >= 0.3 is 35.8 Å². The zero-order valence-corrected chi connectivity index (χ0v) is 75.5. The Labute approximate surface area is 710 Å². The fourth-order valence-corrected chi connectivity index (χ4v) is 11.5. The monoisotopic (exact) mass is 1690 g/mol. The SMILES string of the molecule is Cc1cc(CCC(=O)O)cc(C(C)(C)C)c1O.Cc1cc(CCC(=O)O)cc(C(C)(C)C)c1O.Cc1cc(CCC(=O)O)cc(C(C)(C)C)c1O.Cc1cc(CCC(=O)O)cc(C(C)(C)C)c1O.Cc1cc(CCC(=O)O)cc(C(C)(C)C)c1O.Cc1cc(CCC(=O)O)cc(C(C)(C)C)c1O.OCC(CO)(CO)CO.OCC(CO)(CO)CO. The lowest BCUT2D eigenvalue weighted by molar-refractivity contribution is -0.138. The van der Waals surface area contributed by atoms with Gasteiger partial charge in [-0.15, -0.1) is 0 Å². The first-order valence-electron chi connectivity index (χ1n) is 39.9. The van der Waals surface area contributed by atoms with Crippen molar-refractivity contribution < 1.29 is 131 Å². The van der Waals surface area contributed by atoms with E-state index in [0.717, 1.165) is 100 Å². The Morgan fingerprint density at radius 3 is 0.375 bits per heavy atom. The molecule has 0 heterocycles. The van der Waals surface area contributed by atoms with Crippen molar-refractivity contribution in [2.45, 2.75) is 276 Å². The minimum atomic E-state index is -1.11. The topological polar surface area (TPSA) is 507 Å². The highest BCUT2D eigenvalue weighted by atomic mass is 16.4. The lowest BCUT2D eigenvalue weighted by atomic mass is 9.83. The van der Waals surface area contributed by atoms with Crippen LogP contribution < -0.4 is 0 Å². The van der Waals surface area contributed by atoms with Crippen molar-refractivity contribution in [1.82, 2.24) is 0 Å². The summed E-state index contributed by atoms with van der Waals surface area (Å²) in [6.07, 6.45) is 3.71. The molecule has 0 fully saturated rings. The Morgan fingerprint density at radius 1 is 0.208 bits per heavy atom. The van der Waals surface area contributed by atoms with Crippen LogP contribution >= 0.6 is 0 Å². The van der Waals surface area contributed by atoms with Gasteiger partial charge in [-0.05, 0) is 213 Å². The predicted molar refractivity (Wildman–Crippen MR) is 467 cm³/mol. The van der Waals surface area contributed by atoms with Gasteiger partial charge < -0.3 is 102 Å². The van der Waals surface area contributed by atoms with Crippen molar-refractivity contribution in [2.24, 2.45) is 10.8 Å². The van der Waals surface area contributed by atoms with Gasteiger partial charge in [-0.1, -0.05) is 197 Å². The van der Waals surface area contributed by atoms with E-state index in [4.69, 9.17) is 71.5 Å². The molecule has 26 nitrogen and oxygen atoms in total. The number of carbonyl (C=O) groups is 6. The third kappa shape index (κ3) is 40.3. The van der Waals surface area contributed by atoms with Gasteiger partial charge in [-0.25, -0.2) is 0 Å². The Bertz CT molecular complexity index is 3550. The summed E-state index contributed by atoms with van der Waals surface area (Å²) < 4.78 is 0. The number of hydrogen-bond acceptors (Lipinski definition) is 20. The van der Waals surface area contributed by atoms with Crippen LogP contribution in [-0.4, -0.2) is 191 Å². The second kappa shape index (κ2) is 50.1. The molecule has 120 heavy (non-hydrogen) atoms. The number of aliphatic hydroxyl groups is 8. The zero-order valence-electron chi connectivity index (χ0n) is 75.5. The molecular formula is C94H144O26. The number of aliphatic carboxylic acids is 6. The van der Waals surface area contributed by atoms with Crippen molar-refractivity contribution in [3.8, 4) is 34.5 Å². The van der Waals surface area contributed by atoms with Crippen molar-refractivity contribution in [1.29, 1.82) is 0 Å². The highest BCUT2D eigenvalue weighted by molar-refractivity contribution is 5.70. The average Bonchev–Trinajstić information content (AvgIpc) is 0.839. The molecular weight excluding hydrogens is 1550 g/mol. The van der Waals surface area contributed by atoms with Gasteiger partial charge in [0.15, 0.2) is 0 Å². The minimum absolute atomic E-state index is 0.119. The molecule has 0 spiro atoms. The van der Waals surface area contributed by atoms with Crippen LogP contribution in [0.1, 0.15) is 263 Å². The lowest BCUT2D eigenvalue weighted by Crippen LogP contribution is -2.37. The highest BCUT2D eigenvalue weighted by Gasteiger charge is 2.30. The second-order valence-electron chi connectivity index (χ2n) is 37.0. The van der Waals surface area contributed by atoms with Crippen LogP contribution in [0.2, 0.25) is 0 Å². The summed E-state index contributed by atoms with van der Waals surface area (Å²) in [6.45, 7) is 44.3. The standard InChI is InChI=1S/6C14H20O3.2C5H12O4/c6*1-9-7-10(5-6-12(15)16)8-11(13(9)17)14(2,3)4;2*6-1-5(2-7,3-8)4-9/h6*7-8,17H,5-6H2,1-4H3,(H,15,16);2*6-9H,1-4H2. The Balaban J connectivity index is 0. The van der Waals surface area contributed by atoms with Gasteiger partial charge in [0.25, 0.3) is 0 Å². The molecule has 0 bridgehead atoms. The van der Waals surface area contributed by atoms with E-state index in [1.54, 1.807) is 0 Å². The number of aliphatic hydroxyl groups excluding tert-OH is 8. The fraction of sp³-hybridized carbons (Fsp3) is 0.553. The molecule has 0 unspecified atom stereocenters. The maximum absolute atomic E-state index is 10.6. The minimum Gasteiger partial charge on any atom is -0.507 e. The van der Waals surface area contributed by atoms with E-state index in [0.29, 0.717) is 73.0 Å². The van der Waals surface area contributed by atoms with E-state index in [1.165, 1.54) is 0 Å². The fourth-order valence-electron chi connectivity index (χ4n) is 11.5. The molecule has 0 aromatic heterocycles. The van der Waals surface area contributed by atoms with Crippen LogP contribution in [0.5, 0.6) is 34.5 Å². The summed E-state index contributed by atoms with van der Waals surface area (Å²) in [5, 5.41) is 180. The van der Waals surface area contributed by atoms with Crippen LogP contribution in [0.15, 0.2) is 72.8 Å². The van der Waals surface area contributed by atoms with Crippen molar-refractivity contribution >= 4 is 35.8 Å². The first-order valence-corrected chi connectivity index (χ1v) is 39.9. The maximum atomic E-state index is 10.6. The van der Waals surface area contributed by atoms with Crippen LogP contribution in [-0.2, 0) is 99.8 Å². The molecule has 0 aliphatic rings. The molecule has 6 aromatic carbocycles. The van der Waals surface area contributed by atoms with Crippen LogP contribution in [0.25, 0.3) is 0 Å². The van der Waals surface area contributed by atoms with Crippen LogP contribution in [0, 0.1) is 52.4 Å². The molecule has 0 amide bonds. The number of carboxylic acids is 6. The van der Waals surface area contributed by atoms with E-state index in [1.807, 2.05) is 239 Å². The average molecular weight is 1690 g/mol. The normalized spacial score (nSPS) is 11.6. The van der Waals surface area contributed by atoms with Gasteiger partial charge in [-0.3, -0.25) is 28.8 Å². The highest BCUT2D eigenvalue weighted by Crippen LogP contribution is 2.40. The summed E-state index contributed by atoms with van der Waals surface area (Å²) in [5.41, 5.74) is 12.8. The van der Waals surface area contributed by atoms with E-state index >= 15 is 0 Å². The number of rotatable bonds is 26. The number of hydrogen-bond donors (Lipinski definition) is 20. The van der Waals surface area contributed by atoms with E-state index < -0.39 is 99.5 Å². The number of benzene rings is 6. The maximum Gasteiger partial charge on any atom is 0.303 e. The zero-order chi connectivity index (χ0) is 93.9. The molecule has 676 valence electrons. The second-order valence-corrected chi connectivity index (χ2v) is 37.0. The third-order valence-corrected chi connectivity index (χ3v) is 19.5. The van der Waals surface area contributed by atoms with Crippen LogP contribution in [0.4, 0.5) is 0 Å². The van der Waals surface area contributed by atoms with Gasteiger partial charge in [0.1, 0.15) is 34.5 Å². The van der Waals surface area contributed by atoms with Gasteiger partial charge in [0, 0.05) is 38.5 Å². The Hall–Kier alpha value is -9.38. The predicted octanol–water partition coefficient (Wildman–Crippen LogP) is 14.0. The summed E-state index contributed by atoms with van der Waals surface area (Å²) in [5.74, 6) is -2.89. The summed E-state index contributed by atoms with van der Waals surface area (Å²) in [4.78, 5) is 63.3. The number of phenols is 6. The first kappa shape index (κ1) is 113. The number of aryl methyl sites for hydroxylation is 12. The van der Waals surface area contributed by atoms with Crippen molar-refractivity contribution in [3.05, 3.63) is 173 Å². The summed E-state index contributed by atoms with van der Waals surface area (Å²) >= 11 is 0. The van der Waals surface area contributed by atoms with Gasteiger partial charge in [0.05, 0.1) is 63.7 Å². The lowest BCUT2D eigenvalue weighted by Gasteiger charge is -2.23. The quantitative estimate of drug-likeness (QED) is 0.0240. The van der Waals surface area contributed by atoms with E-state index in [9.17, 15) is 59.4 Å². The van der Waals surface area contributed by atoms with Crippen LogP contribution in [0.3, 0.4) is 0 Å². The van der Waals surface area contributed by atoms with Gasteiger partial charge in [-0.2, -0.15) is 0 Å². The van der Waals surface area contributed by atoms with E-state index in [2.05, 4.69) is 0 Å². The van der Waals surface area contributed by atoms with Crippen molar-refractivity contribution in [2.75, 3.05) is 52.9 Å². The number of carboxylic acid groups (broad SMARTS) is 6. The molecule has 6 rings (SSSR count). The molecule has 0 radical (unpaired) electrons. The first-order chi connectivity index (χ1) is 54.8. The van der Waals surface area contributed by atoms with Crippen molar-refractivity contribution in [3.63, 3.8) is 0 Å². The molecule has 26 heteroatoms. The molecule has 0 saturated heterocycles. The number of aromatic hydroxyl groups is 6. The van der Waals surface area contributed by atoms with E-state index in [-0.39, 0.29) is 71.0 Å². The number of phenolic OH excluding ortho intramolecular Hbond substituents is 6. The largest absolute Gasteiger partial charge is 0.507 e. The van der Waals surface area contributed by atoms with Gasteiger partial charge in [0.2, 0.25) is 0 Å². The Kier molecular flexibility index (Phi) is 47.1. The smallest absolute Gasteiger partial charge is 0.303 e. The molecule has 20 N–H and O–H groups in total. The summed E-state index contributed by atoms with van der Waals surface area (Å²) in [6, 6.07) is 22.6.